The number of aryl methyl sites for hydroxylation is 1. The fourth-order valence-corrected chi connectivity index (χ4v) is 2.99. The Morgan fingerprint density at radius 3 is 2.85 bits per heavy atom. The third-order valence-electron chi connectivity index (χ3n) is 4.08. The first-order valence-electron chi connectivity index (χ1n) is 7.74. The van der Waals surface area contributed by atoms with E-state index in [0.717, 1.165) is 25.3 Å². The minimum atomic E-state index is 0.369. The van der Waals surface area contributed by atoms with Gasteiger partial charge in [-0.3, -0.25) is 0 Å². The van der Waals surface area contributed by atoms with Crippen molar-refractivity contribution in [3.05, 3.63) is 29.3 Å². The summed E-state index contributed by atoms with van der Waals surface area (Å²) in [5, 5.41) is 3.60. The van der Waals surface area contributed by atoms with Crippen molar-refractivity contribution in [1.29, 1.82) is 0 Å². The summed E-state index contributed by atoms with van der Waals surface area (Å²) in [5.41, 5.74) is 2.65. The number of nitrogens with one attached hydrogen (secondary N) is 1. The van der Waals surface area contributed by atoms with Crippen molar-refractivity contribution in [2.24, 2.45) is 0 Å². The molecule has 3 heteroatoms. The largest absolute Gasteiger partial charge is 0.497 e. The SMILES string of the molecule is CCNC(CC1CCCCO1)c1ccc(OC)cc1C. The molecule has 1 aromatic carbocycles. The first-order chi connectivity index (χ1) is 9.74. The average molecular weight is 277 g/mol. The van der Waals surface area contributed by atoms with E-state index in [0.29, 0.717) is 12.1 Å². The Labute approximate surface area is 122 Å². The molecule has 1 aliphatic heterocycles. The molecule has 3 nitrogen and oxygen atoms in total. The van der Waals surface area contributed by atoms with Crippen molar-refractivity contribution in [3.63, 3.8) is 0 Å². The van der Waals surface area contributed by atoms with Gasteiger partial charge >= 0.3 is 0 Å². The van der Waals surface area contributed by atoms with Crippen molar-refractivity contribution >= 4 is 0 Å². The second-order valence-corrected chi connectivity index (χ2v) is 5.56. The molecule has 20 heavy (non-hydrogen) atoms. The number of hydrogen-bond acceptors (Lipinski definition) is 3. The summed E-state index contributed by atoms with van der Waals surface area (Å²) in [7, 11) is 1.71. The van der Waals surface area contributed by atoms with Crippen LogP contribution < -0.4 is 10.1 Å². The standard InChI is InChI=1S/C17H27NO2/c1-4-18-17(12-15-7-5-6-10-20-15)16-9-8-14(19-3)11-13(16)2/h8-9,11,15,17-18H,4-7,10,12H2,1-3H3. The summed E-state index contributed by atoms with van der Waals surface area (Å²) < 4.78 is 11.2. The predicted molar refractivity (Wildman–Crippen MR) is 82.4 cm³/mol. The Morgan fingerprint density at radius 1 is 1.40 bits per heavy atom. The van der Waals surface area contributed by atoms with Crippen molar-refractivity contribution in [2.45, 2.75) is 51.7 Å². The topological polar surface area (TPSA) is 30.5 Å². The lowest BCUT2D eigenvalue weighted by Gasteiger charge is -2.28. The number of hydrogen-bond donors (Lipinski definition) is 1. The molecule has 0 aromatic heterocycles. The summed E-state index contributed by atoms with van der Waals surface area (Å²) in [4.78, 5) is 0. The smallest absolute Gasteiger partial charge is 0.119 e. The molecule has 1 aromatic rings. The minimum absolute atomic E-state index is 0.369. The molecule has 1 fully saturated rings. The van der Waals surface area contributed by atoms with Gasteiger partial charge in [-0.2, -0.15) is 0 Å². The maximum Gasteiger partial charge on any atom is 0.119 e. The Bertz CT molecular complexity index is 413. The maximum absolute atomic E-state index is 5.90. The van der Waals surface area contributed by atoms with E-state index in [1.54, 1.807) is 7.11 Å². The summed E-state index contributed by atoms with van der Waals surface area (Å²) >= 11 is 0. The Hall–Kier alpha value is -1.06. The molecule has 1 saturated heterocycles. The first kappa shape index (κ1) is 15.3. The van der Waals surface area contributed by atoms with E-state index in [4.69, 9.17) is 9.47 Å². The van der Waals surface area contributed by atoms with E-state index < -0.39 is 0 Å². The van der Waals surface area contributed by atoms with Gasteiger partial charge in [-0.15, -0.1) is 0 Å². The van der Waals surface area contributed by atoms with Crippen LogP contribution in [0.3, 0.4) is 0 Å². The van der Waals surface area contributed by atoms with Gasteiger partial charge in [0.1, 0.15) is 5.75 Å². The molecular weight excluding hydrogens is 250 g/mol. The lowest BCUT2D eigenvalue weighted by Crippen LogP contribution is -2.29. The van der Waals surface area contributed by atoms with Crippen molar-refractivity contribution in [3.8, 4) is 5.75 Å². The highest BCUT2D eigenvalue weighted by molar-refractivity contribution is 5.36. The Morgan fingerprint density at radius 2 is 2.25 bits per heavy atom. The normalized spacial score (nSPS) is 20.6. The monoisotopic (exact) mass is 277 g/mol. The van der Waals surface area contributed by atoms with E-state index in [1.165, 1.54) is 30.4 Å². The number of rotatable bonds is 6. The quantitative estimate of drug-likeness (QED) is 0.861. The van der Waals surface area contributed by atoms with Gasteiger partial charge in [0.05, 0.1) is 13.2 Å². The summed E-state index contributed by atoms with van der Waals surface area (Å²) in [6, 6.07) is 6.72. The number of methoxy groups -OCH3 is 1. The van der Waals surface area contributed by atoms with Crippen molar-refractivity contribution in [2.75, 3.05) is 20.3 Å². The maximum atomic E-state index is 5.90. The highest BCUT2D eigenvalue weighted by atomic mass is 16.5. The van der Waals surface area contributed by atoms with Gasteiger partial charge in [0.25, 0.3) is 0 Å². The molecule has 112 valence electrons. The molecule has 0 spiro atoms. The van der Waals surface area contributed by atoms with Gasteiger partial charge in [-0.05, 0) is 62.4 Å². The van der Waals surface area contributed by atoms with Crippen molar-refractivity contribution in [1.82, 2.24) is 5.32 Å². The van der Waals surface area contributed by atoms with E-state index in [2.05, 4.69) is 37.4 Å². The number of benzene rings is 1. The van der Waals surface area contributed by atoms with Crippen LogP contribution in [0.15, 0.2) is 18.2 Å². The second-order valence-electron chi connectivity index (χ2n) is 5.56. The third-order valence-corrected chi connectivity index (χ3v) is 4.08. The molecule has 0 radical (unpaired) electrons. The zero-order valence-corrected chi connectivity index (χ0v) is 12.9. The molecule has 1 heterocycles. The van der Waals surface area contributed by atoms with Crippen LogP contribution in [0.4, 0.5) is 0 Å². The molecule has 0 aliphatic carbocycles. The predicted octanol–water partition coefficient (Wildman–Crippen LogP) is 3.61. The average Bonchev–Trinajstić information content (AvgIpc) is 2.48. The van der Waals surface area contributed by atoms with Gasteiger partial charge in [-0.25, -0.2) is 0 Å². The van der Waals surface area contributed by atoms with Crippen LogP contribution in [0.5, 0.6) is 5.75 Å². The van der Waals surface area contributed by atoms with Crippen LogP contribution in [0.2, 0.25) is 0 Å². The lowest BCUT2D eigenvalue weighted by molar-refractivity contribution is 0.00510. The molecule has 1 aliphatic rings. The van der Waals surface area contributed by atoms with Gasteiger partial charge in [0.2, 0.25) is 0 Å². The summed E-state index contributed by atoms with van der Waals surface area (Å²) in [5.74, 6) is 0.926. The summed E-state index contributed by atoms with van der Waals surface area (Å²) in [6.45, 7) is 6.21. The van der Waals surface area contributed by atoms with Gasteiger partial charge < -0.3 is 14.8 Å². The second kappa shape index (κ2) is 7.65. The van der Waals surface area contributed by atoms with Crippen LogP contribution in [0.1, 0.15) is 49.8 Å². The van der Waals surface area contributed by atoms with E-state index >= 15 is 0 Å². The van der Waals surface area contributed by atoms with Gasteiger partial charge in [0.15, 0.2) is 0 Å². The third kappa shape index (κ3) is 3.97. The molecular formula is C17H27NO2. The van der Waals surface area contributed by atoms with Gasteiger partial charge in [-0.1, -0.05) is 13.0 Å². The molecule has 2 unspecified atom stereocenters. The van der Waals surface area contributed by atoms with Crippen LogP contribution in [-0.2, 0) is 4.74 Å². The fourth-order valence-electron chi connectivity index (χ4n) is 2.99. The Kier molecular flexibility index (Phi) is 5.86. The summed E-state index contributed by atoms with van der Waals surface area (Å²) in [6.07, 6.45) is 5.15. The zero-order chi connectivity index (χ0) is 14.4. The van der Waals surface area contributed by atoms with E-state index in [-0.39, 0.29) is 0 Å². The van der Waals surface area contributed by atoms with Crippen LogP contribution in [0, 0.1) is 6.92 Å². The molecule has 0 bridgehead atoms. The highest BCUT2D eigenvalue weighted by Gasteiger charge is 2.21. The van der Waals surface area contributed by atoms with Gasteiger partial charge in [0, 0.05) is 12.6 Å². The fraction of sp³-hybridized carbons (Fsp3) is 0.647. The zero-order valence-electron chi connectivity index (χ0n) is 12.9. The van der Waals surface area contributed by atoms with E-state index in [9.17, 15) is 0 Å². The first-order valence-corrected chi connectivity index (χ1v) is 7.74. The lowest BCUT2D eigenvalue weighted by atomic mass is 9.93. The Balaban J connectivity index is 2.10. The molecule has 0 saturated carbocycles. The molecule has 0 amide bonds. The van der Waals surface area contributed by atoms with E-state index in [1.807, 2.05) is 0 Å². The van der Waals surface area contributed by atoms with Crippen LogP contribution >= 0.6 is 0 Å². The molecule has 2 rings (SSSR count). The van der Waals surface area contributed by atoms with Crippen LogP contribution in [0.25, 0.3) is 0 Å². The van der Waals surface area contributed by atoms with Crippen LogP contribution in [-0.4, -0.2) is 26.4 Å². The highest BCUT2D eigenvalue weighted by Crippen LogP contribution is 2.28. The molecule has 2 atom stereocenters. The molecule has 1 N–H and O–H groups in total. The van der Waals surface area contributed by atoms with Crippen molar-refractivity contribution < 1.29 is 9.47 Å². The number of ether oxygens (including phenoxy) is 2. The minimum Gasteiger partial charge on any atom is -0.497 e.